The SMILES string of the molecule is CCOc1cc([C@@H](C[S+](C)[O-])n2c(=O)n(C3CC3)c3cc(-c4cccc(COc5cc([C@@H](CS(C)(=O)=O)n6c(=O)n(CC)c7cc(C(F)(F)F)ccc76)ccc5OC)c4F)ccc32)ccc1OC. The molecule has 0 bridgehead atoms. The molecule has 2 heterocycles. The number of methoxy groups -OCH3 is 2. The van der Waals surface area contributed by atoms with Gasteiger partial charge >= 0.3 is 17.6 Å². The zero-order valence-electron chi connectivity index (χ0n) is 38.1. The highest BCUT2D eigenvalue weighted by molar-refractivity contribution is 7.90. The van der Waals surface area contributed by atoms with Crippen molar-refractivity contribution in [1.82, 2.24) is 18.3 Å². The maximum Gasteiger partial charge on any atom is 0.416 e. The Balaban J connectivity index is 1.15. The van der Waals surface area contributed by atoms with Crippen molar-refractivity contribution in [2.75, 3.05) is 44.8 Å². The number of aryl methyl sites for hydroxylation is 1. The van der Waals surface area contributed by atoms with E-state index in [1.54, 1.807) is 70.8 Å². The maximum atomic E-state index is 16.8. The molecule has 2 aromatic heterocycles. The van der Waals surface area contributed by atoms with Gasteiger partial charge in [0.05, 0.1) is 66.5 Å². The van der Waals surface area contributed by atoms with Crippen LogP contribution in [0.3, 0.4) is 0 Å². The summed E-state index contributed by atoms with van der Waals surface area (Å²) in [7, 11) is -0.889. The van der Waals surface area contributed by atoms with E-state index < -0.39 is 62.1 Å². The van der Waals surface area contributed by atoms with Crippen molar-refractivity contribution in [3.63, 3.8) is 0 Å². The number of alkyl halides is 3. The van der Waals surface area contributed by atoms with Gasteiger partial charge in [0.15, 0.2) is 23.0 Å². The molecule has 13 nitrogen and oxygen atoms in total. The van der Waals surface area contributed by atoms with Crippen molar-refractivity contribution >= 4 is 43.1 Å². The molecule has 7 aromatic rings. The molecule has 360 valence electrons. The highest BCUT2D eigenvalue weighted by Gasteiger charge is 2.35. The van der Waals surface area contributed by atoms with Crippen LogP contribution in [0.5, 0.6) is 23.0 Å². The van der Waals surface area contributed by atoms with Gasteiger partial charge in [0.1, 0.15) is 34.1 Å². The first-order chi connectivity index (χ1) is 32.4. The van der Waals surface area contributed by atoms with Crippen molar-refractivity contribution in [2.45, 2.75) is 64.1 Å². The van der Waals surface area contributed by atoms with E-state index in [2.05, 4.69) is 0 Å². The number of halogens is 4. The number of ether oxygens (including phenoxy) is 4. The monoisotopic (exact) mass is 978 g/mol. The van der Waals surface area contributed by atoms with Crippen molar-refractivity contribution in [3.8, 4) is 34.1 Å². The van der Waals surface area contributed by atoms with Crippen LogP contribution >= 0.6 is 0 Å². The number of fused-ring (bicyclic) bond motifs is 2. The van der Waals surface area contributed by atoms with Crippen LogP contribution in [0.4, 0.5) is 17.6 Å². The van der Waals surface area contributed by atoms with Crippen LogP contribution in [0.1, 0.15) is 67.1 Å². The normalized spacial score (nSPS) is 14.6. The number of benzene rings is 5. The van der Waals surface area contributed by atoms with Crippen molar-refractivity contribution in [2.24, 2.45) is 0 Å². The fourth-order valence-electron chi connectivity index (χ4n) is 8.86. The fourth-order valence-corrected chi connectivity index (χ4v) is 10.6. The molecule has 0 spiro atoms. The smallest absolute Gasteiger partial charge is 0.416 e. The van der Waals surface area contributed by atoms with Gasteiger partial charge in [-0.1, -0.05) is 47.6 Å². The van der Waals surface area contributed by atoms with E-state index in [1.165, 1.54) is 37.0 Å². The van der Waals surface area contributed by atoms with E-state index in [9.17, 15) is 35.7 Å². The minimum Gasteiger partial charge on any atom is -0.616 e. The first kappa shape index (κ1) is 48.3. The van der Waals surface area contributed by atoms with Gasteiger partial charge in [-0.15, -0.1) is 0 Å². The Hall–Kier alpha value is -6.18. The van der Waals surface area contributed by atoms with E-state index in [-0.39, 0.29) is 69.9 Å². The van der Waals surface area contributed by atoms with Gasteiger partial charge in [-0.05, 0) is 98.0 Å². The predicted molar refractivity (Wildman–Crippen MR) is 253 cm³/mol. The van der Waals surface area contributed by atoms with Crippen LogP contribution < -0.4 is 30.3 Å². The average molecular weight is 979 g/mol. The summed E-state index contributed by atoms with van der Waals surface area (Å²) in [5.74, 6) is 0.258. The van der Waals surface area contributed by atoms with Gasteiger partial charge in [-0.2, -0.15) is 13.2 Å². The summed E-state index contributed by atoms with van der Waals surface area (Å²) < 4.78 is 126. The molecule has 0 radical (unpaired) electrons. The number of hydrogen-bond donors (Lipinski definition) is 0. The third kappa shape index (κ3) is 9.47. The summed E-state index contributed by atoms with van der Waals surface area (Å²) in [4.78, 5) is 28.4. The summed E-state index contributed by atoms with van der Waals surface area (Å²) in [5, 5.41) is 0. The zero-order chi connectivity index (χ0) is 48.8. The maximum absolute atomic E-state index is 16.8. The molecule has 0 saturated heterocycles. The second-order valence-electron chi connectivity index (χ2n) is 16.7. The zero-order valence-corrected chi connectivity index (χ0v) is 39.8. The summed E-state index contributed by atoms with van der Waals surface area (Å²) in [6.45, 7) is 3.53. The highest BCUT2D eigenvalue weighted by atomic mass is 32.2. The van der Waals surface area contributed by atoms with Crippen LogP contribution in [-0.2, 0) is 40.3 Å². The number of hydrogen-bond acceptors (Lipinski definition) is 9. The predicted octanol–water partition coefficient (Wildman–Crippen LogP) is 8.70. The molecule has 68 heavy (non-hydrogen) atoms. The van der Waals surface area contributed by atoms with E-state index in [1.807, 2.05) is 13.0 Å². The van der Waals surface area contributed by atoms with Gasteiger partial charge < -0.3 is 23.5 Å². The summed E-state index contributed by atoms with van der Waals surface area (Å²) in [6.07, 6.45) is -0.535. The minimum absolute atomic E-state index is 0.0120. The topological polar surface area (TPSA) is 148 Å². The highest BCUT2D eigenvalue weighted by Crippen LogP contribution is 2.41. The van der Waals surface area contributed by atoms with Gasteiger partial charge in [0, 0.05) is 30.0 Å². The lowest BCUT2D eigenvalue weighted by molar-refractivity contribution is -0.137. The molecule has 19 heteroatoms. The molecule has 1 unspecified atom stereocenters. The van der Waals surface area contributed by atoms with Gasteiger partial charge in [-0.25, -0.2) is 22.4 Å². The van der Waals surface area contributed by atoms with Crippen LogP contribution in [-0.4, -0.2) is 76.1 Å². The molecule has 1 aliphatic carbocycles. The average Bonchev–Trinajstić information content (AvgIpc) is 4.03. The molecule has 1 saturated carbocycles. The Morgan fingerprint density at radius 1 is 0.765 bits per heavy atom. The lowest BCUT2D eigenvalue weighted by Crippen LogP contribution is -2.31. The molecular formula is C49H50F4N4O9S2. The number of nitrogens with zero attached hydrogens (tertiary/aromatic N) is 4. The third-order valence-corrected chi connectivity index (χ3v) is 13.8. The summed E-state index contributed by atoms with van der Waals surface area (Å²) in [6, 6.07) is 21.0. The molecule has 1 fully saturated rings. The van der Waals surface area contributed by atoms with Crippen LogP contribution in [0.2, 0.25) is 0 Å². The third-order valence-electron chi connectivity index (χ3n) is 12.1. The molecule has 3 atom stereocenters. The second-order valence-corrected chi connectivity index (χ2v) is 20.4. The second kappa shape index (κ2) is 19.1. The quantitative estimate of drug-likeness (QED) is 0.0609. The van der Waals surface area contributed by atoms with Gasteiger partial charge in [0.2, 0.25) is 0 Å². The molecule has 0 amide bonds. The first-order valence-electron chi connectivity index (χ1n) is 21.8. The molecule has 1 aliphatic rings. The van der Waals surface area contributed by atoms with E-state index in [0.29, 0.717) is 40.3 Å². The summed E-state index contributed by atoms with van der Waals surface area (Å²) >= 11 is -1.32. The summed E-state index contributed by atoms with van der Waals surface area (Å²) in [5.41, 5.74) is 1.17. The van der Waals surface area contributed by atoms with Crippen LogP contribution in [0.25, 0.3) is 33.2 Å². The molecular weight excluding hydrogens is 929 g/mol. The lowest BCUT2D eigenvalue weighted by Gasteiger charge is -2.21. The number of rotatable bonds is 18. The fraction of sp³-hybridized carbons (Fsp3) is 0.347. The Kier molecular flexibility index (Phi) is 13.5. The number of aromatic nitrogens is 4. The Morgan fingerprint density at radius 3 is 1.97 bits per heavy atom. The molecule has 0 N–H and O–H groups in total. The Bertz CT molecular complexity index is 3260. The first-order valence-corrected chi connectivity index (χ1v) is 25.6. The standard InChI is InChI=1S/C49H50F4N4O9S2/c1-7-54-38-25-33(49(51,52)53)15-19-36(38)57(47(54)58)41(28-68(6,61)62)31-14-21-43(64-4)45(24-31)66-26-32-10-9-11-35(46(32)50)29-12-18-37-39(22-29)55(34-16-17-34)48(59)56(37)40(27-67(5)60)30-13-20-42(63-3)44(23-30)65-8-2/h9-15,18-25,34,40-41H,7-8,16-17,26-28H2,1-6H3/t40-,41-,67?/m1/s1. The number of sulfone groups is 1. The largest absolute Gasteiger partial charge is 0.616 e. The van der Waals surface area contributed by atoms with E-state index in [4.69, 9.17) is 18.9 Å². The van der Waals surface area contributed by atoms with Crippen LogP contribution in [0.15, 0.2) is 101 Å². The van der Waals surface area contributed by atoms with E-state index >= 15 is 4.39 Å². The molecule has 0 aliphatic heterocycles. The minimum atomic E-state index is -4.68. The molecule has 5 aromatic carbocycles. The van der Waals surface area contributed by atoms with Gasteiger partial charge in [0.25, 0.3) is 0 Å². The van der Waals surface area contributed by atoms with Crippen molar-refractivity contribution < 1.29 is 49.5 Å². The lowest BCUT2D eigenvalue weighted by atomic mass is 10.0. The van der Waals surface area contributed by atoms with E-state index in [0.717, 1.165) is 41.9 Å². The van der Waals surface area contributed by atoms with Crippen LogP contribution in [0, 0.1) is 5.82 Å². The van der Waals surface area contributed by atoms with Crippen molar-refractivity contribution in [3.05, 3.63) is 140 Å². The number of imidazole rings is 2. The molecule has 8 rings (SSSR count). The van der Waals surface area contributed by atoms with Gasteiger partial charge in [-0.3, -0.25) is 18.3 Å². The Morgan fingerprint density at radius 2 is 1.38 bits per heavy atom. The Labute approximate surface area is 392 Å². The van der Waals surface area contributed by atoms with Crippen molar-refractivity contribution in [1.29, 1.82) is 0 Å².